The molecule has 1 fully saturated rings. The fourth-order valence-corrected chi connectivity index (χ4v) is 5.68. The van der Waals surface area contributed by atoms with E-state index in [4.69, 9.17) is 4.74 Å². The van der Waals surface area contributed by atoms with Crippen LogP contribution in [0.25, 0.3) is 0 Å². The summed E-state index contributed by atoms with van der Waals surface area (Å²) in [5, 5.41) is 5.76. The van der Waals surface area contributed by atoms with E-state index in [0.29, 0.717) is 35.9 Å². The molecule has 176 valence electrons. The summed E-state index contributed by atoms with van der Waals surface area (Å²) in [5.41, 5.74) is 1.59. The summed E-state index contributed by atoms with van der Waals surface area (Å²) in [6.45, 7) is 0.793. The van der Waals surface area contributed by atoms with Crippen LogP contribution in [-0.2, 0) is 19.6 Å². The summed E-state index contributed by atoms with van der Waals surface area (Å²) < 4.78 is 33.3. The SMILES string of the molecule is COc1ccc(S(=O)(=O)N2CCCCCC2)cc1NCC(=O)N1CC(=O)Nc2ccccc21. The fourth-order valence-electron chi connectivity index (χ4n) is 4.14. The van der Waals surface area contributed by atoms with Gasteiger partial charge < -0.3 is 15.4 Å². The number of fused-ring (bicyclic) bond motifs is 1. The number of para-hydroxylation sites is 2. The van der Waals surface area contributed by atoms with Gasteiger partial charge in [-0.3, -0.25) is 14.5 Å². The van der Waals surface area contributed by atoms with Crippen molar-refractivity contribution in [2.75, 3.05) is 48.8 Å². The summed E-state index contributed by atoms with van der Waals surface area (Å²) in [7, 11) is -2.17. The van der Waals surface area contributed by atoms with Gasteiger partial charge in [0.05, 0.1) is 35.6 Å². The van der Waals surface area contributed by atoms with Gasteiger partial charge in [0.2, 0.25) is 21.8 Å². The molecule has 0 atom stereocenters. The minimum atomic E-state index is -3.65. The molecule has 2 aromatic rings. The first-order valence-corrected chi connectivity index (χ1v) is 12.5. The highest BCUT2D eigenvalue weighted by atomic mass is 32.2. The predicted octanol–water partition coefficient (Wildman–Crippen LogP) is 2.66. The lowest BCUT2D eigenvalue weighted by atomic mass is 10.2. The monoisotopic (exact) mass is 472 g/mol. The molecule has 2 aliphatic heterocycles. The second-order valence-corrected chi connectivity index (χ2v) is 10.0. The molecule has 4 rings (SSSR count). The van der Waals surface area contributed by atoms with Crippen molar-refractivity contribution in [2.45, 2.75) is 30.6 Å². The summed E-state index contributed by atoms with van der Waals surface area (Å²) in [5.74, 6) is -0.167. The third-order valence-electron chi connectivity index (χ3n) is 5.88. The lowest BCUT2D eigenvalue weighted by molar-refractivity contribution is -0.120. The van der Waals surface area contributed by atoms with E-state index in [1.165, 1.54) is 28.4 Å². The molecule has 2 heterocycles. The number of hydrogen-bond donors (Lipinski definition) is 2. The summed E-state index contributed by atoms with van der Waals surface area (Å²) in [6, 6.07) is 11.7. The number of rotatable bonds is 6. The molecule has 2 aliphatic rings. The number of anilines is 3. The molecule has 2 aromatic carbocycles. The Hall–Kier alpha value is -3.11. The van der Waals surface area contributed by atoms with Crippen LogP contribution in [0.1, 0.15) is 25.7 Å². The highest BCUT2D eigenvalue weighted by molar-refractivity contribution is 7.89. The molecule has 0 saturated carbocycles. The molecule has 2 N–H and O–H groups in total. The zero-order chi connectivity index (χ0) is 23.4. The number of nitrogens with one attached hydrogen (secondary N) is 2. The van der Waals surface area contributed by atoms with Crippen molar-refractivity contribution < 1.29 is 22.7 Å². The van der Waals surface area contributed by atoms with E-state index in [-0.39, 0.29) is 29.8 Å². The molecular weight excluding hydrogens is 444 g/mol. The van der Waals surface area contributed by atoms with Crippen LogP contribution in [0.15, 0.2) is 47.4 Å². The number of carbonyl (C=O) groups is 2. The smallest absolute Gasteiger partial charge is 0.246 e. The van der Waals surface area contributed by atoms with Crippen LogP contribution in [0.4, 0.5) is 17.1 Å². The van der Waals surface area contributed by atoms with E-state index in [1.807, 2.05) is 0 Å². The van der Waals surface area contributed by atoms with Gasteiger partial charge in [-0.1, -0.05) is 25.0 Å². The first kappa shape index (κ1) is 23.1. The number of benzene rings is 2. The first-order valence-electron chi connectivity index (χ1n) is 11.0. The van der Waals surface area contributed by atoms with Crippen LogP contribution in [0.3, 0.4) is 0 Å². The van der Waals surface area contributed by atoms with Crippen LogP contribution in [-0.4, -0.2) is 57.8 Å². The maximum Gasteiger partial charge on any atom is 0.246 e. The van der Waals surface area contributed by atoms with Crippen LogP contribution in [0, 0.1) is 0 Å². The van der Waals surface area contributed by atoms with Gasteiger partial charge in [0.15, 0.2) is 0 Å². The summed E-state index contributed by atoms with van der Waals surface area (Å²) >= 11 is 0. The van der Waals surface area contributed by atoms with Crippen LogP contribution in [0.5, 0.6) is 5.75 Å². The predicted molar refractivity (Wildman–Crippen MR) is 126 cm³/mol. The van der Waals surface area contributed by atoms with E-state index in [0.717, 1.165) is 25.7 Å². The molecule has 1 saturated heterocycles. The Morgan fingerprint density at radius 2 is 1.82 bits per heavy atom. The van der Waals surface area contributed by atoms with E-state index in [2.05, 4.69) is 10.6 Å². The molecule has 9 nitrogen and oxygen atoms in total. The second kappa shape index (κ2) is 9.80. The number of hydrogen-bond acceptors (Lipinski definition) is 6. The van der Waals surface area contributed by atoms with Gasteiger partial charge in [-0.2, -0.15) is 4.31 Å². The molecule has 0 radical (unpaired) electrons. The largest absolute Gasteiger partial charge is 0.495 e. The van der Waals surface area contributed by atoms with Gasteiger partial charge in [-0.15, -0.1) is 0 Å². The summed E-state index contributed by atoms with van der Waals surface area (Å²) in [6.07, 6.45) is 3.75. The maximum atomic E-state index is 13.2. The van der Waals surface area contributed by atoms with Gasteiger partial charge in [-0.05, 0) is 43.2 Å². The van der Waals surface area contributed by atoms with Crippen LogP contribution in [0.2, 0.25) is 0 Å². The molecule has 0 unspecified atom stereocenters. The first-order chi connectivity index (χ1) is 15.9. The van der Waals surface area contributed by atoms with Gasteiger partial charge in [0.25, 0.3) is 0 Å². The van der Waals surface area contributed by atoms with Gasteiger partial charge in [0, 0.05) is 13.1 Å². The highest BCUT2D eigenvalue weighted by Gasteiger charge is 2.28. The van der Waals surface area contributed by atoms with Gasteiger partial charge >= 0.3 is 0 Å². The third-order valence-corrected chi connectivity index (χ3v) is 7.77. The Kier molecular flexibility index (Phi) is 6.85. The van der Waals surface area contributed by atoms with Crippen molar-refractivity contribution in [3.63, 3.8) is 0 Å². The fraction of sp³-hybridized carbons (Fsp3) is 0.391. The number of carbonyl (C=O) groups excluding carboxylic acids is 2. The van der Waals surface area contributed by atoms with Crippen molar-refractivity contribution in [2.24, 2.45) is 0 Å². The quantitative estimate of drug-likeness (QED) is 0.669. The number of nitrogens with zero attached hydrogens (tertiary/aromatic N) is 2. The standard InChI is InChI=1S/C23H28N4O5S/c1-32-21-11-10-17(33(30,31)26-12-6-2-3-7-13-26)14-19(21)24-15-23(29)27-16-22(28)25-18-8-4-5-9-20(18)27/h4-5,8-11,14,24H,2-3,6-7,12-13,15-16H2,1H3,(H,25,28). The Labute approximate surface area is 193 Å². The van der Waals surface area contributed by atoms with E-state index in [1.54, 1.807) is 30.3 Å². The van der Waals surface area contributed by atoms with Crippen LogP contribution < -0.4 is 20.3 Å². The summed E-state index contributed by atoms with van der Waals surface area (Å²) in [4.78, 5) is 26.6. The number of ether oxygens (including phenoxy) is 1. The number of amides is 2. The average Bonchev–Trinajstić information content (AvgIpc) is 3.12. The van der Waals surface area contributed by atoms with Crippen molar-refractivity contribution in [1.82, 2.24) is 4.31 Å². The second-order valence-electron chi connectivity index (χ2n) is 8.08. The molecule has 33 heavy (non-hydrogen) atoms. The highest BCUT2D eigenvalue weighted by Crippen LogP contribution is 2.31. The molecule has 0 spiro atoms. The Bertz CT molecular complexity index is 1140. The zero-order valence-electron chi connectivity index (χ0n) is 18.5. The molecule has 10 heteroatoms. The average molecular weight is 473 g/mol. The van der Waals surface area contributed by atoms with Crippen molar-refractivity contribution >= 4 is 38.9 Å². The van der Waals surface area contributed by atoms with E-state index in [9.17, 15) is 18.0 Å². The van der Waals surface area contributed by atoms with Crippen LogP contribution >= 0.6 is 0 Å². The normalized spacial score (nSPS) is 17.0. The van der Waals surface area contributed by atoms with E-state index >= 15 is 0 Å². The number of sulfonamides is 1. The zero-order valence-corrected chi connectivity index (χ0v) is 19.4. The number of methoxy groups -OCH3 is 1. The van der Waals surface area contributed by atoms with Gasteiger partial charge in [0.1, 0.15) is 12.3 Å². The van der Waals surface area contributed by atoms with Gasteiger partial charge in [-0.25, -0.2) is 8.42 Å². The molecule has 0 aromatic heterocycles. The molecule has 0 bridgehead atoms. The van der Waals surface area contributed by atoms with Crippen molar-refractivity contribution in [3.8, 4) is 5.75 Å². The molecular formula is C23H28N4O5S. The molecule has 0 aliphatic carbocycles. The van der Waals surface area contributed by atoms with Crippen molar-refractivity contribution in [3.05, 3.63) is 42.5 Å². The van der Waals surface area contributed by atoms with Crippen molar-refractivity contribution in [1.29, 1.82) is 0 Å². The maximum absolute atomic E-state index is 13.2. The topological polar surface area (TPSA) is 108 Å². The molecule has 2 amide bonds. The Morgan fingerprint density at radius 1 is 1.09 bits per heavy atom. The minimum Gasteiger partial charge on any atom is -0.495 e. The van der Waals surface area contributed by atoms with E-state index < -0.39 is 10.0 Å². The third kappa shape index (κ3) is 4.96. The lowest BCUT2D eigenvalue weighted by Crippen LogP contribution is -2.44. The Balaban J connectivity index is 1.53. The lowest BCUT2D eigenvalue weighted by Gasteiger charge is -2.29. The minimum absolute atomic E-state index is 0.0853. The Morgan fingerprint density at radius 3 is 2.55 bits per heavy atom.